The monoisotopic (exact) mass is 262 g/mol. The number of methoxy groups -OCH3 is 1. The zero-order valence-corrected chi connectivity index (χ0v) is 11.6. The molecule has 1 unspecified atom stereocenters. The molecule has 1 aliphatic heterocycles. The van der Waals surface area contributed by atoms with Crippen LogP contribution in [-0.4, -0.2) is 25.6 Å². The molecule has 1 heterocycles. The number of nitrogens with one attached hydrogen (secondary N) is 2. The van der Waals surface area contributed by atoms with Crippen molar-refractivity contribution in [3.63, 3.8) is 0 Å². The largest absolute Gasteiger partial charge is 0.496 e. The first-order chi connectivity index (χ1) is 9.22. The average Bonchev–Trinajstić information content (AvgIpc) is 2.48. The van der Waals surface area contributed by atoms with Gasteiger partial charge >= 0.3 is 0 Å². The summed E-state index contributed by atoms with van der Waals surface area (Å²) in [7, 11) is 1.65. The summed E-state index contributed by atoms with van der Waals surface area (Å²) in [5.41, 5.74) is 1.01. The third-order valence-corrected chi connectivity index (χ3v) is 3.59. The molecular weight excluding hydrogens is 240 g/mol. The molecule has 0 spiro atoms. The van der Waals surface area contributed by atoms with Gasteiger partial charge in [0.2, 0.25) is 5.91 Å². The zero-order valence-electron chi connectivity index (χ0n) is 11.6. The summed E-state index contributed by atoms with van der Waals surface area (Å²) in [6.07, 6.45) is 3.20. The van der Waals surface area contributed by atoms with E-state index in [4.69, 9.17) is 4.74 Å². The molecule has 0 aliphatic carbocycles. The second-order valence-electron chi connectivity index (χ2n) is 4.97. The molecule has 1 aliphatic rings. The molecule has 1 amide bonds. The lowest BCUT2D eigenvalue weighted by Crippen LogP contribution is -2.47. The van der Waals surface area contributed by atoms with Gasteiger partial charge in [0.1, 0.15) is 5.75 Å². The van der Waals surface area contributed by atoms with Crippen molar-refractivity contribution >= 4 is 5.91 Å². The minimum Gasteiger partial charge on any atom is -0.496 e. The number of ether oxygens (including phenoxy) is 1. The number of rotatable bonds is 4. The van der Waals surface area contributed by atoms with Gasteiger partial charge < -0.3 is 15.4 Å². The van der Waals surface area contributed by atoms with Gasteiger partial charge in [-0.1, -0.05) is 24.6 Å². The number of benzene rings is 1. The van der Waals surface area contributed by atoms with E-state index < -0.39 is 0 Å². The van der Waals surface area contributed by atoms with Crippen LogP contribution in [0.25, 0.3) is 0 Å². The molecule has 4 nitrogen and oxygen atoms in total. The van der Waals surface area contributed by atoms with Crippen LogP contribution in [-0.2, 0) is 4.79 Å². The molecule has 2 N–H and O–H groups in total. The second-order valence-corrected chi connectivity index (χ2v) is 4.97. The van der Waals surface area contributed by atoms with E-state index in [0.717, 1.165) is 37.1 Å². The van der Waals surface area contributed by atoms with Gasteiger partial charge in [-0.2, -0.15) is 0 Å². The van der Waals surface area contributed by atoms with Gasteiger partial charge in [0.15, 0.2) is 0 Å². The van der Waals surface area contributed by atoms with Crippen molar-refractivity contribution in [1.82, 2.24) is 10.6 Å². The van der Waals surface area contributed by atoms with Crippen molar-refractivity contribution in [3.8, 4) is 5.75 Å². The van der Waals surface area contributed by atoms with Crippen molar-refractivity contribution in [2.24, 2.45) is 0 Å². The number of carbonyl (C=O) groups excluding carboxylic acids is 1. The predicted molar refractivity (Wildman–Crippen MR) is 75.2 cm³/mol. The van der Waals surface area contributed by atoms with E-state index in [0.29, 0.717) is 0 Å². The smallest absolute Gasteiger partial charge is 0.237 e. The fraction of sp³-hybridized carbons (Fsp3) is 0.533. The van der Waals surface area contributed by atoms with E-state index in [1.807, 2.05) is 31.2 Å². The molecule has 19 heavy (non-hydrogen) atoms. The minimum atomic E-state index is -0.0501. The summed E-state index contributed by atoms with van der Waals surface area (Å²) in [5, 5.41) is 6.32. The number of hydrogen-bond acceptors (Lipinski definition) is 3. The fourth-order valence-electron chi connectivity index (χ4n) is 2.49. The molecule has 2 atom stereocenters. The van der Waals surface area contributed by atoms with Crippen molar-refractivity contribution in [2.45, 2.75) is 38.3 Å². The SMILES string of the molecule is COc1ccccc1[C@H](C)NC(=O)C1CCCCN1. The van der Waals surface area contributed by atoms with E-state index in [-0.39, 0.29) is 18.0 Å². The van der Waals surface area contributed by atoms with Crippen molar-refractivity contribution in [3.05, 3.63) is 29.8 Å². The normalized spacial score (nSPS) is 20.6. The maximum atomic E-state index is 12.2. The molecule has 1 aromatic carbocycles. The first-order valence-corrected chi connectivity index (χ1v) is 6.89. The Morgan fingerprint density at radius 1 is 1.42 bits per heavy atom. The molecule has 0 saturated carbocycles. The highest BCUT2D eigenvalue weighted by Gasteiger charge is 2.22. The van der Waals surface area contributed by atoms with Crippen LogP contribution in [0.1, 0.15) is 37.8 Å². The molecule has 1 fully saturated rings. The molecule has 2 rings (SSSR count). The number of piperidine rings is 1. The highest BCUT2D eigenvalue weighted by atomic mass is 16.5. The first-order valence-electron chi connectivity index (χ1n) is 6.89. The third-order valence-electron chi connectivity index (χ3n) is 3.59. The molecule has 0 bridgehead atoms. The maximum absolute atomic E-state index is 12.2. The standard InChI is InChI=1S/C15H22N2O2/c1-11(12-7-3-4-9-14(12)19-2)17-15(18)13-8-5-6-10-16-13/h3-4,7,9,11,13,16H,5-6,8,10H2,1-2H3,(H,17,18)/t11-,13?/m0/s1. The number of para-hydroxylation sites is 1. The van der Waals surface area contributed by atoms with Crippen molar-refractivity contribution in [2.75, 3.05) is 13.7 Å². The van der Waals surface area contributed by atoms with E-state index in [1.165, 1.54) is 0 Å². The van der Waals surface area contributed by atoms with Crippen LogP contribution in [0.3, 0.4) is 0 Å². The van der Waals surface area contributed by atoms with Gasteiger partial charge in [-0.3, -0.25) is 4.79 Å². The lowest BCUT2D eigenvalue weighted by atomic mass is 10.0. The Labute approximate surface area is 114 Å². The van der Waals surface area contributed by atoms with Crippen LogP contribution in [0, 0.1) is 0 Å². The minimum absolute atomic E-state index is 0.0487. The van der Waals surface area contributed by atoms with Gasteiger partial charge in [-0.25, -0.2) is 0 Å². The highest BCUT2D eigenvalue weighted by Crippen LogP contribution is 2.24. The van der Waals surface area contributed by atoms with Gasteiger partial charge in [0.25, 0.3) is 0 Å². The van der Waals surface area contributed by atoms with Gasteiger partial charge in [-0.05, 0) is 32.4 Å². The first kappa shape index (κ1) is 13.9. The third kappa shape index (κ3) is 3.47. The van der Waals surface area contributed by atoms with E-state index >= 15 is 0 Å². The molecule has 1 aromatic rings. The summed E-state index contributed by atoms with van der Waals surface area (Å²) in [5.74, 6) is 0.894. The Morgan fingerprint density at radius 3 is 2.89 bits per heavy atom. The average molecular weight is 262 g/mol. The topological polar surface area (TPSA) is 50.4 Å². The van der Waals surface area contributed by atoms with E-state index in [1.54, 1.807) is 7.11 Å². The highest BCUT2D eigenvalue weighted by molar-refractivity contribution is 5.82. The number of amides is 1. The lowest BCUT2D eigenvalue weighted by Gasteiger charge is -2.25. The molecule has 0 radical (unpaired) electrons. The van der Waals surface area contributed by atoms with E-state index in [2.05, 4.69) is 10.6 Å². The summed E-state index contributed by atoms with van der Waals surface area (Å²) >= 11 is 0. The van der Waals surface area contributed by atoms with Gasteiger partial charge in [-0.15, -0.1) is 0 Å². The summed E-state index contributed by atoms with van der Waals surface area (Å²) in [4.78, 5) is 12.2. The molecule has 4 heteroatoms. The van der Waals surface area contributed by atoms with Gasteiger partial charge in [0, 0.05) is 5.56 Å². The van der Waals surface area contributed by atoms with Crippen LogP contribution in [0.15, 0.2) is 24.3 Å². The summed E-state index contributed by atoms with van der Waals surface area (Å²) < 4.78 is 5.33. The molecular formula is C15H22N2O2. The Morgan fingerprint density at radius 2 is 2.21 bits per heavy atom. The van der Waals surface area contributed by atoms with Crippen LogP contribution >= 0.6 is 0 Å². The summed E-state index contributed by atoms with van der Waals surface area (Å²) in [6, 6.07) is 7.69. The zero-order chi connectivity index (χ0) is 13.7. The Hall–Kier alpha value is -1.55. The Kier molecular flexibility index (Phi) is 4.80. The molecule has 104 valence electrons. The number of hydrogen-bond donors (Lipinski definition) is 2. The quantitative estimate of drug-likeness (QED) is 0.872. The van der Waals surface area contributed by atoms with Crippen LogP contribution in [0.2, 0.25) is 0 Å². The maximum Gasteiger partial charge on any atom is 0.237 e. The van der Waals surface area contributed by atoms with Crippen LogP contribution < -0.4 is 15.4 Å². The predicted octanol–water partition coefficient (Wildman–Crippen LogP) is 2.01. The number of carbonyl (C=O) groups is 1. The molecule has 1 saturated heterocycles. The van der Waals surface area contributed by atoms with Crippen molar-refractivity contribution in [1.29, 1.82) is 0 Å². The second kappa shape index (κ2) is 6.57. The lowest BCUT2D eigenvalue weighted by molar-refractivity contribution is -0.124. The van der Waals surface area contributed by atoms with Crippen LogP contribution in [0.4, 0.5) is 0 Å². The Bertz CT molecular complexity index is 428. The van der Waals surface area contributed by atoms with Crippen molar-refractivity contribution < 1.29 is 9.53 Å². The van der Waals surface area contributed by atoms with Gasteiger partial charge in [0.05, 0.1) is 19.2 Å². The van der Waals surface area contributed by atoms with E-state index in [9.17, 15) is 4.79 Å². The fourth-order valence-corrected chi connectivity index (χ4v) is 2.49. The Balaban J connectivity index is 1.99. The van der Waals surface area contributed by atoms with Crippen LogP contribution in [0.5, 0.6) is 5.75 Å². The summed E-state index contributed by atoms with van der Waals surface area (Å²) in [6.45, 7) is 2.92. The molecule has 0 aromatic heterocycles.